The standard InChI is InChI=1S/C12H10FN3O4/c1-6(11(17)18)16-10(9(12(19)20)14-15-16)7-4-2-3-5-8(7)13/h2-6H,1H3,(H,17,18)(H,19,20). The number of hydrogen-bond acceptors (Lipinski definition) is 4. The third kappa shape index (κ3) is 2.22. The zero-order chi connectivity index (χ0) is 14.9. The van der Waals surface area contributed by atoms with Gasteiger partial charge in [-0.3, -0.25) is 0 Å². The molecule has 0 saturated heterocycles. The molecule has 104 valence electrons. The number of aromatic carboxylic acids is 1. The van der Waals surface area contributed by atoms with E-state index in [-0.39, 0.29) is 11.3 Å². The van der Waals surface area contributed by atoms with E-state index in [2.05, 4.69) is 10.3 Å². The summed E-state index contributed by atoms with van der Waals surface area (Å²) in [5, 5.41) is 25.0. The summed E-state index contributed by atoms with van der Waals surface area (Å²) in [6, 6.07) is 4.25. The maximum absolute atomic E-state index is 13.8. The minimum atomic E-state index is -1.41. The number of carbonyl (C=O) groups is 2. The monoisotopic (exact) mass is 279 g/mol. The quantitative estimate of drug-likeness (QED) is 0.877. The highest BCUT2D eigenvalue weighted by Gasteiger charge is 2.27. The van der Waals surface area contributed by atoms with E-state index in [4.69, 9.17) is 10.2 Å². The summed E-state index contributed by atoms with van der Waals surface area (Å²) < 4.78 is 14.7. The van der Waals surface area contributed by atoms with Crippen molar-refractivity contribution >= 4 is 11.9 Å². The van der Waals surface area contributed by atoms with Gasteiger partial charge in [0.2, 0.25) is 0 Å². The number of carboxylic acid groups (broad SMARTS) is 2. The molecule has 1 aromatic carbocycles. The molecular formula is C12H10FN3O4. The number of halogens is 1. The fourth-order valence-electron chi connectivity index (χ4n) is 1.72. The predicted molar refractivity (Wildman–Crippen MR) is 64.7 cm³/mol. The molecule has 0 saturated carbocycles. The summed E-state index contributed by atoms with van der Waals surface area (Å²) in [7, 11) is 0. The minimum Gasteiger partial charge on any atom is -0.480 e. The van der Waals surface area contributed by atoms with Crippen molar-refractivity contribution in [2.45, 2.75) is 13.0 Å². The second-order valence-corrected chi connectivity index (χ2v) is 4.03. The van der Waals surface area contributed by atoms with E-state index in [0.717, 1.165) is 10.7 Å². The lowest BCUT2D eigenvalue weighted by Gasteiger charge is -2.11. The van der Waals surface area contributed by atoms with Crippen LogP contribution in [-0.2, 0) is 4.79 Å². The van der Waals surface area contributed by atoms with Crippen molar-refractivity contribution in [1.29, 1.82) is 0 Å². The maximum Gasteiger partial charge on any atom is 0.358 e. The highest BCUT2D eigenvalue weighted by molar-refractivity contribution is 5.93. The molecule has 1 atom stereocenters. The first-order valence-electron chi connectivity index (χ1n) is 5.59. The zero-order valence-corrected chi connectivity index (χ0v) is 10.3. The van der Waals surface area contributed by atoms with Gasteiger partial charge in [-0.1, -0.05) is 17.3 Å². The first kappa shape index (κ1) is 13.7. The van der Waals surface area contributed by atoms with Gasteiger partial charge in [0, 0.05) is 5.56 Å². The first-order chi connectivity index (χ1) is 9.43. The highest BCUT2D eigenvalue weighted by Crippen LogP contribution is 2.27. The molecule has 0 bridgehead atoms. The second-order valence-electron chi connectivity index (χ2n) is 4.03. The molecule has 20 heavy (non-hydrogen) atoms. The Kier molecular flexibility index (Phi) is 3.47. The predicted octanol–water partition coefficient (Wildman–Crippen LogP) is 1.43. The molecule has 2 rings (SSSR count). The number of nitrogens with zero attached hydrogens (tertiary/aromatic N) is 3. The molecule has 2 N–H and O–H groups in total. The van der Waals surface area contributed by atoms with E-state index < -0.39 is 29.5 Å². The molecule has 1 heterocycles. The molecule has 0 spiro atoms. The Morgan fingerprint density at radius 2 is 1.95 bits per heavy atom. The van der Waals surface area contributed by atoms with Crippen molar-refractivity contribution in [2.24, 2.45) is 0 Å². The van der Waals surface area contributed by atoms with E-state index in [1.165, 1.54) is 25.1 Å². The van der Waals surface area contributed by atoms with Gasteiger partial charge in [-0.15, -0.1) is 5.10 Å². The van der Waals surface area contributed by atoms with Gasteiger partial charge in [-0.05, 0) is 19.1 Å². The molecule has 0 aliphatic carbocycles. The summed E-state index contributed by atoms with van der Waals surface area (Å²) >= 11 is 0. The molecule has 0 aliphatic heterocycles. The number of carboxylic acids is 2. The van der Waals surface area contributed by atoms with Gasteiger partial charge in [0.15, 0.2) is 5.69 Å². The van der Waals surface area contributed by atoms with Crippen LogP contribution in [0.2, 0.25) is 0 Å². The zero-order valence-electron chi connectivity index (χ0n) is 10.3. The Hall–Kier alpha value is -2.77. The lowest BCUT2D eigenvalue weighted by Crippen LogP contribution is -2.18. The lowest BCUT2D eigenvalue weighted by atomic mass is 10.1. The van der Waals surface area contributed by atoms with Gasteiger partial charge in [-0.2, -0.15) is 0 Å². The third-order valence-corrected chi connectivity index (χ3v) is 2.75. The van der Waals surface area contributed by atoms with Gasteiger partial charge >= 0.3 is 11.9 Å². The van der Waals surface area contributed by atoms with Crippen LogP contribution in [0.15, 0.2) is 24.3 Å². The lowest BCUT2D eigenvalue weighted by molar-refractivity contribution is -0.140. The van der Waals surface area contributed by atoms with Crippen LogP contribution >= 0.6 is 0 Å². The van der Waals surface area contributed by atoms with E-state index in [1.807, 2.05) is 0 Å². The number of aliphatic carboxylic acids is 1. The van der Waals surface area contributed by atoms with Gasteiger partial charge in [0.05, 0.1) is 0 Å². The normalized spacial score (nSPS) is 12.1. The molecule has 0 amide bonds. The van der Waals surface area contributed by atoms with Gasteiger partial charge in [0.1, 0.15) is 17.6 Å². The van der Waals surface area contributed by atoms with Crippen LogP contribution in [0.25, 0.3) is 11.3 Å². The van der Waals surface area contributed by atoms with Crippen LogP contribution in [0.5, 0.6) is 0 Å². The SMILES string of the molecule is CC(C(=O)O)n1nnc(C(=O)O)c1-c1ccccc1F. The van der Waals surface area contributed by atoms with Crippen LogP contribution in [0.4, 0.5) is 4.39 Å². The van der Waals surface area contributed by atoms with Crippen molar-refractivity contribution in [3.8, 4) is 11.3 Å². The Labute approximate surface area is 112 Å². The molecule has 0 aliphatic rings. The van der Waals surface area contributed by atoms with Crippen LogP contribution in [0.3, 0.4) is 0 Å². The molecule has 0 radical (unpaired) electrons. The summed E-state index contributed by atoms with van der Waals surface area (Å²) in [6.07, 6.45) is 0. The Balaban J connectivity index is 2.71. The van der Waals surface area contributed by atoms with Crippen molar-refractivity contribution in [3.63, 3.8) is 0 Å². The van der Waals surface area contributed by atoms with Crippen molar-refractivity contribution in [3.05, 3.63) is 35.8 Å². The Morgan fingerprint density at radius 3 is 2.50 bits per heavy atom. The average Bonchev–Trinajstić information content (AvgIpc) is 2.82. The van der Waals surface area contributed by atoms with Crippen molar-refractivity contribution in [1.82, 2.24) is 15.0 Å². The van der Waals surface area contributed by atoms with Crippen LogP contribution in [0, 0.1) is 5.82 Å². The topological polar surface area (TPSA) is 105 Å². The molecule has 2 aromatic rings. The molecule has 0 fully saturated rings. The molecular weight excluding hydrogens is 269 g/mol. The van der Waals surface area contributed by atoms with Gasteiger partial charge in [0.25, 0.3) is 0 Å². The molecule has 1 unspecified atom stereocenters. The summed E-state index contributed by atoms with van der Waals surface area (Å²) in [6.45, 7) is 1.30. The van der Waals surface area contributed by atoms with Crippen LogP contribution in [-0.4, -0.2) is 37.1 Å². The maximum atomic E-state index is 13.8. The number of rotatable bonds is 4. The van der Waals surface area contributed by atoms with E-state index in [0.29, 0.717) is 0 Å². The van der Waals surface area contributed by atoms with E-state index in [1.54, 1.807) is 0 Å². The smallest absolute Gasteiger partial charge is 0.358 e. The minimum absolute atomic E-state index is 0.0667. The van der Waals surface area contributed by atoms with Crippen molar-refractivity contribution < 1.29 is 24.2 Å². The highest BCUT2D eigenvalue weighted by atomic mass is 19.1. The van der Waals surface area contributed by atoms with Crippen molar-refractivity contribution in [2.75, 3.05) is 0 Å². The average molecular weight is 279 g/mol. The Bertz CT molecular complexity index is 683. The Morgan fingerprint density at radius 1 is 1.30 bits per heavy atom. The third-order valence-electron chi connectivity index (χ3n) is 2.75. The summed E-state index contributed by atoms with van der Waals surface area (Å²) in [5.41, 5.74) is -0.739. The molecule has 8 heteroatoms. The molecule has 7 nitrogen and oxygen atoms in total. The van der Waals surface area contributed by atoms with E-state index in [9.17, 15) is 14.0 Å². The number of aromatic nitrogens is 3. The van der Waals surface area contributed by atoms with Gasteiger partial charge in [-0.25, -0.2) is 18.7 Å². The van der Waals surface area contributed by atoms with E-state index >= 15 is 0 Å². The second kappa shape index (κ2) is 5.08. The van der Waals surface area contributed by atoms with Gasteiger partial charge < -0.3 is 10.2 Å². The fraction of sp³-hybridized carbons (Fsp3) is 0.167. The van der Waals surface area contributed by atoms with Crippen LogP contribution < -0.4 is 0 Å². The summed E-state index contributed by atoms with van der Waals surface area (Å²) in [4.78, 5) is 22.1. The fourth-order valence-corrected chi connectivity index (χ4v) is 1.72. The first-order valence-corrected chi connectivity index (χ1v) is 5.59. The summed E-state index contributed by atoms with van der Waals surface area (Å²) in [5.74, 6) is -3.33. The largest absolute Gasteiger partial charge is 0.480 e. The van der Waals surface area contributed by atoms with Crippen LogP contribution in [0.1, 0.15) is 23.5 Å². The number of benzene rings is 1. The molecule has 1 aromatic heterocycles. The number of hydrogen-bond donors (Lipinski definition) is 2.